The summed E-state index contributed by atoms with van der Waals surface area (Å²) >= 11 is 6.29. The second-order valence-electron chi connectivity index (χ2n) is 7.34. The highest BCUT2D eigenvalue weighted by Gasteiger charge is 2.34. The first kappa shape index (κ1) is 18.9. The Labute approximate surface area is 163 Å². The number of hydrogen-bond donors (Lipinski definition) is 1. The number of imidazole rings is 1. The molecule has 2 aliphatic heterocycles. The average Bonchev–Trinajstić information content (AvgIpc) is 3.09. The molecule has 0 aromatic carbocycles. The van der Waals surface area contributed by atoms with Crippen LogP contribution in [0.25, 0.3) is 11.2 Å². The third-order valence-electron chi connectivity index (χ3n) is 5.42. The van der Waals surface area contributed by atoms with Crippen molar-refractivity contribution in [3.63, 3.8) is 0 Å². The molecule has 2 aromatic heterocycles. The van der Waals surface area contributed by atoms with Crippen molar-refractivity contribution in [1.82, 2.24) is 19.5 Å². The van der Waals surface area contributed by atoms with Gasteiger partial charge in [0.05, 0.1) is 13.2 Å². The van der Waals surface area contributed by atoms with E-state index in [2.05, 4.69) is 14.9 Å². The Balaban J connectivity index is 1.92. The van der Waals surface area contributed by atoms with Gasteiger partial charge in [0, 0.05) is 19.7 Å². The van der Waals surface area contributed by atoms with Crippen LogP contribution < -0.4 is 4.90 Å². The van der Waals surface area contributed by atoms with Crippen molar-refractivity contribution in [2.45, 2.75) is 51.4 Å². The molecule has 4 heterocycles. The number of hydrogen-bond acceptors (Lipinski definition) is 7. The van der Waals surface area contributed by atoms with Crippen molar-refractivity contribution in [3.05, 3.63) is 11.1 Å². The zero-order valence-electron chi connectivity index (χ0n) is 15.8. The Kier molecular flexibility index (Phi) is 5.24. The molecule has 0 aliphatic carbocycles. The zero-order valence-corrected chi connectivity index (χ0v) is 16.6. The molecule has 9 heteroatoms. The molecule has 27 heavy (non-hydrogen) atoms. The van der Waals surface area contributed by atoms with Gasteiger partial charge in [0.25, 0.3) is 0 Å². The molecule has 2 unspecified atom stereocenters. The minimum absolute atomic E-state index is 0.170. The topological polar surface area (TPSA) is 85.5 Å². The van der Waals surface area contributed by atoms with Crippen molar-refractivity contribution in [1.29, 1.82) is 0 Å². The lowest BCUT2D eigenvalue weighted by Crippen LogP contribution is -2.37. The normalized spacial score (nSPS) is 23.6. The molecule has 0 saturated carbocycles. The minimum atomic E-state index is -1.10. The van der Waals surface area contributed by atoms with Gasteiger partial charge in [-0.25, -0.2) is 4.98 Å². The number of anilines is 1. The first-order valence-corrected chi connectivity index (χ1v) is 10.0. The number of rotatable bonds is 4. The van der Waals surface area contributed by atoms with Crippen LogP contribution in [0.15, 0.2) is 0 Å². The van der Waals surface area contributed by atoms with Gasteiger partial charge >= 0.3 is 0 Å². The molecule has 2 aliphatic rings. The van der Waals surface area contributed by atoms with E-state index < -0.39 is 5.60 Å². The van der Waals surface area contributed by atoms with Crippen LogP contribution in [0, 0.1) is 0 Å². The predicted octanol–water partition coefficient (Wildman–Crippen LogP) is 2.63. The van der Waals surface area contributed by atoms with Gasteiger partial charge in [0.15, 0.2) is 17.0 Å². The largest absolute Gasteiger partial charge is 0.382 e. The molecule has 0 bridgehead atoms. The summed E-state index contributed by atoms with van der Waals surface area (Å²) in [6.07, 6.45) is 3.27. The predicted molar refractivity (Wildman–Crippen MR) is 102 cm³/mol. The monoisotopic (exact) mass is 395 g/mol. The van der Waals surface area contributed by atoms with Gasteiger partial charge in [0.1, 0.15) is 17.7 Å². The fourth-order valence-electron chi connectivity index (χ4n) is 3.67. The number of halogens is 1. The number of morpholine rings is 1. The van der Waals surface area contributed by atoms with Crippen molar-refractivity contribution < 1.29 is 14.6 Å². The van der Waals surface area contributed by atoms with Gasteiger partial charge in [-0.3, -0.25) is 4.57 Å². The lowest BCUT2D eigenvalue weighted by atomic mass is 10.0. The maximum Gasteiger partial charge on any atom is 0.226 e. The summed E-state index contributed by atoms with van der Waals surface area (Å²) in [5.74, 6) is 1.24. The molecule has 1 N–H and O–H groups in total. The van der Waals surface area contributed by atoms with E-state index in [1.807, 2.05) is 11.5 Å². The summed E-state index contributed by atoms with van der Waals surface area (Å²) in [6, 6.07) is 0. The molecular formula is C18H26ClN5O3. The standard InChI is InChI=1S/C18H26ClN5O3/c1-3-18(2,25)16-20-13-14(23-7-10-26-11-8-23)21-17(19)22-15(13)24(16)12-6-4-5-9-27-12/h12,25H,3-11H2,1-2H3. The fraction of sp³-hybridized carbons (Fsp3) is 0.722. The highest BCUT2D eigenvalue weighted by Crippen LogP contribution is 2.36. The number of fused-ring (bicyclic) bond motifs is 1. The summed E-state index contributed by atoms with van der Waals surface area (Å²) in [4.78, 5) is 15.9. The van der Waals surface area contributed by atoms with Gasteiger partial charge in [0.2, 0.25) is 5.28 Å². The van der Waals surface area contributed by atoms with Crippen molar-refractivity contribution in [2.24, 2.45) is 0 Å². The third-order valence-corrected chi connectivity index (χ3v) is 5.59. The summed E-state index contributed by atoms with van der Waals surface area (Å²) in [5.41, 5.74) is 0.169. The van der Waals surface area contributed by atoms with Crippen molar-refractivity contribution in [3.8, 4) is 0 Å². The molecule has 2 fully saturated rings. The van der Waals surface area contributed by atoms with E-state index >= 15 is 0 Å². The fourth-order valence-corrected chi connectivity index (χ4v) is 3.83. The molecule has 2 saturated heterocycles. The minimum Gasteiger partial charge on any atom is -0.382 e. The van der Waals surface area contributed by atoms with Crippen molar-refractivity contribution in [2.75, 3.05) is 37.8 Å². The van der Waals surface area contributed by atoms with Crippen LogP contribution in [-0.4, -0.2) is 57.5 Å². The summed E-state index contributed by atoms with van der Waals surface area (Å²) in [5, 5.41) is 11.2. The molecule has 148 valence electrons. The molecule has 2 atom stereocenters. The van der Waals surface area contributed by atoms with Crippen LogP contribution in [0.1, 0.15) is 51.6 Å². The molecule has 0 spiro atoms. The van der Waals surface area contributed by atoms with E-state index in [0.717, 1.165) is 19.3 Å². The van der Waals surface area contributed by atoms with Crippen LogP contribution in [0.5, 0.6) is 0 Å². The third kappa shape index (κ3) is 3.51. The molecular weight excluding hydrogens is 370 g/mol. The first-order chi connectivity index (χ1) is 13.0. The first-order valence-electron chi connectivity index (χ1n) is 9.64. The van der Waals surface area contributed by atoms with Gasteiger partial charge in [-0.2, -0.15) is 9.97 Å². The highest BCUT2D eigenvalue weighted by atomic mass is 35.5. The van der Waals surface area contributed by atoms with Gasteiger partial charge < -0.3 is 19.5 Å². The van der Waals surface area contributed by atoms with Crippen LogP contribution >= 0.6 is 11.6 Å². The number of ether oxygens (including phenoxy) is 2. The number of nitrogens with zero attached hydrogens (tertiary/aromatic N) is 5. The smallest absolute Gasteiger partial charge is 0.226 e. The Morgan fingerprint density at radius 2 is 1.96 bits per heavy atom. The molecule has 8 nitrogen and oxygen atoms in total. The van der Waals surface area contributed by atoms with E-state index in [1.54, 1.807) is 6.92 Å². The van der Waals surface area contributed by atoms with E-state index in [0.29, 0.717) is 62.1 Å². The Bertz CT molecular complexity index is 813. The zero-order chi connectivity index (χ0) is 19.0. The second kappa shape index (κ2) is 7.50. The molecule has 2 aromatic rings. The Morgan fingerprint density at radius 1 is 1.19 bits per heavy atom. The van der Waals surface area contributed by atoms with Gasteiger partial charge in [-0.1, -0.05) is 6.92 Å². The summed E-state index contributed by atoms with van der Waals surface area (Å²) < 4.78 is 13.4. The maximum atomic E-state index is 11.0. The van der Waals surface area contributed by atoms with Crippen LogP contribution in [-0.2, 0) is 15.1 Å². The number of aromatic nitrogens is 4. The van der Waals surface area contributed by atoms with Crippen molar-refractivity contribution >= 4 is 28.6 Å². The van der Waals surface area contributed by atoms with Crippen LogP contribution in [0.4, 0.5) is 5.82 Å². The summed E-state index contributed by atoms with van der Waals surface area (Å²) in [7, 11) is 0. The van der Waals surface area contributed by atoms with E-state index in [9.17, 15) is 5.11 Å². The number of aliphatic hydroxyl groups is 1. The molecule has 0 radical (unpaired) electrons. The van der Waals surface area contributed by atoms with E-state index in [-0.39, 0.29) is 11.5 Å². The lowest BCUT2D eigenvalue weighted by molar-refractivity contribution is -0.0431. The quantitative estimate of drug-likeness (QED) is 0.796. The maximum absolute atomic E-state index is 11.0. The molecule has 0 amide bonds. The molecule has 4 rings (SSSR count). The van der Waals surface area contributed by atoms with Crippen LogP contribution in [0.3, 0.4) is 0 Å². The Hall–Kier alpha value is -1.48. The summed E-state index contributed by atoms with van der Waals surface area (Å²) in [6.45, 7) is 7.10. The van der Waals surface area contributed by atoms with Crippen LogP contribution in [0.2, 0.25) is 5.28 Å². The average molecular weight is 396 g/mol. The van der Waals surface area contributed by atoms with Gasteiger partial charge in [-0.15, -0.1) is 0 Å². The van der Waals surface area contributed by atoms with Gasteiger partial charge in [-0.05, 0) is 44.2 Å². The Morgan fingerprint density at radius 3 is 2.63 bits per heavy atom. The lowest BCUT2D eigenvalue weighted by Gasteiger charge is -2.29. The SMILES string of the molecule is CCC(C)(O)c1nc2c(N3CCOCC3)nc(Cl)nc2n1C1CCCCO1. The van der Waals surface area contributed by atoms with E-state index in [4.69, 9.17) is 26.1 Å². The highest BCUT2D eigenvalue weighted by molar-refractivity contribution is 6.28. The van der Waals surface area contributed by atoms with E-state index in [1.165, 1.54) is 0 Å². The second-order valence-corrected chi connectivity index (χ2v) is 7.68.